The minimum Gasteiger partial charge on any atom is -0.465 e. The Bertz CT molecular complexity index is 1420. The number of hydrogen-bond acceptors (Lipinski definition) is 7. The maximum absolute atomic E-state index is 11.5. The van der Waals surface area contributed by atoms with Gasteiger partial charge in [0.15, 0.2) is 12.0 Å². The second-order valence-electron chi connectivity index (χ2n) is 11.2. The van der Waals surface area contributed by atoms with Gasteiger partial charge in [-0.05, 0) is 75.5 Å². The van der Waals surface area contributed by atoms with Gasteiger partial charge in [0.25, 0.3) is 0 Å². The summed E-state index contributed by atoms with van der Waals surface area (Å²) >= 11 is 14.3. The molecule has 2 atom stereocenters. The molecule has 3 aromatic rings. The van der Waals surface area contributed by atoms with Crippen LogP contribution in [0.25, 0.3) is 11.4 Å². The summed E-state index contributed by atoms with van der Waals surface area (Å²) in [4.78, 5) is 24.9. The van der Waals surface area contributed by atoms with E-state index in [0.29, 0.717) is 16.7 Å². The van der Waals surface area contributed by atoms with E-state index in [1.165, 1.54) is 11.8 Å². The lowest BCUT2D eigenvalue weighted by atomic mass is 9.74. The van der Waals surface area contributed by atoms with Crippen molar-refractivity contribution in [1.29, 1.82) is 0 Å². The fourth-order valence-electron chi connectivity index (χ4n) is 6.57. The van der Waals surface area contributed by atoms with Crippen molar-refractivity contribution < 1.29 is 14.6 Å². The summed E-state index contributed by atoms with van der Waals surface area (Å²) in [6.07, 6.45) is 8.55. The lowest BCUT2D eigenvalue weighted by Crippen LogP contribution is -2.50. The van der Waals surface area contributed by atoms with E-state index in [-0.39, 0.29) is 17.7 Å². The standard InChI is InChI=1S/C29H34Cl2N6O3S/c1-18-27(41-21-7-4-6-19(30)24(21)31)35-25(20-10-14-32-37(20)23-9-2-3-17-40-23)26(33-18)36-15-12-29(13-16-36)11-5-8-22(29)34-28(38)39/h4,6-7,10,14,22-23,34H,2-3,5,8-9,11-13,15-17H2,1H3,(H,38,39)/t22-,23?/m1/s1. The van der Waals surface area contributed by atoms with E-state index in [1.807, 2.05) is 29.8 Å². The fourth-order valence-corrected chi connectivity index (χ4v) is 7.93. The van der Waals surface area contributed by atoms with Crippen LogP contribution < -0.4 is 10.2 Å². The van der Waals surface area contributed by atoms with Crippen LogP contribution in [-0.4, -0.2) is 56.7 Å². The van der Waals surface area contributed by atoms with E-state index < -0.39 is 6.09 Å². The van der Waals surface area contributed by atoms with E-state index in [0.717, 1.165) is 97.3 Å². The number of nitrogens with one attached hydrogen (secondary N) is 1. The Morgan fingerprint density at radius 3 is 2.71 bits per heavy atom. The topological polar surface area (TPSA) is 105 Å². The molecule has 2 N–H and O–H groups in total. The molecule has 1 spiro atoms. The number of nitrogens with zero attached hydrogens (tertiary/aromatic N) is 5. The first-order valence-corrected chi connectivity index (χ1v) is 15.8. The number of anilines is 1. The summed E-state index contributed by atoms with van der Waals surface area (Å²) in [5.74, 6) is 0.817. The molecule has 0 radical (unpaired) electrons. The van der Waals surface area contributed by atoms with Crippen LogP contribution in [0.3, 0.4) is 0 Å². The maximum Gasteiger partial charge on any atom is 0.404 e. The molecule has 1 aliphatic carbocycles. The van der Waals surface area contributed by atoms with Gasteiger partial charge in [-0.15, -0.1) is 0 Å². The molecule has 2 aromatic heterocycles. The monoisotopic (exact) mass is 616 g/mol. The molecule has 2 saturated heterocycles. The highest BCUT2D eigenvalue weighted by atomic mass is 35.5. The minimum atomic E-state index is -0.937. The first-order valence-electron chi connectivity index (χ1n) is 14.2. The van der Waals surface area contributed by atoms with Crippen molar-refractivity contribution in [3.63, 3.8) is 0 Å². The van der Waals surface area contributed by atoms with Crippen molar-refractivity contribution in [2.24, 2.45) is 5.41 Å². The van der Waals surface area contributed by atoms with Crippen LogP contribution in [0.1, 0.15) is 63.3 Å². The molecular formula is C29H34Cl2N6O3S. The molecular weight excluding hydrogens is 583 g/mol. The lowest BCUT2D eigenvalue weighted by molar-refractivity contribution is -0.0384. The van der Waals surface area contributed by atoms with Gasteiger partial charge < -0.3 is 20.1 Å². The highest BCUT2D eigenvalue weighted by Crippen LogP contribution is 2.48. The highest BCUT2D eigenvalue weighted by molar-refractivity contribution is 7.99. The van der Waals surface area contributed by atoms with Crippen LogP contribution in [0.2, 0.25) is 10.0 Å². The smallest absolute Gasteiger partial charge is 0.404 e. The number of carboxylic acid groups (broad SMARTS) is 1. The minimum absolute atomic E-state index is 0.000504. The molecule has 4 heterocycles. The van der Waals surface area contributed by atoms with Crippen LogP contribution in [0, 0.1) is 12.3 Å². The largest absolute Gasteiger partial charge is 0.465 e. The van der Waals surface area contributed by atoms with Gasteiger partial charge in [0.2, 0.25) is 0 Å². The normalized spacial score (nSPS) is 22.3. The lowest BCUT2D eigenvalue weighted by Gasteiger charge is -2.43. The zero-order valence-electron chi connectivity index (χ0n) is 23.0. The van der Waals surface area contributed by atoms with Gasteiger partial charge >= 0.3 is 6.09 Å². The van der Waals surface area contributed by atoms with E-state index in [1.54, 1.807) is 12.3 Å². The van der Waals surface area contributed by atoms with E-state index in [2.05, 4.69) is 15.3 Å². The fraction of sp³-hybridized carbons (Fsp3) is 0.517. The van der Waals surface area contributed by atoms with Crippen LogP contribution >= 0.6 is 35.0 Å². The third kappa shape index (κ3) is 5.76. The van der Waals surface area contributed by atoms with Gasteiger partial charge in [0.1, 0.15) is 10.7 Å². The number of hydrogen-bond donors (Lipinski definition) is 2. The quantitative estimate of drug-likeness (QED) is 0.299. The Morgan fingerprint density at radius 2 is 1.95 bits per heavy atom. The first-order chi connectivity index (χ1) is 19.8. The molecule has 41 heavy (non-hydrogen) atoms. The average Bonchev–Trinajstić information content (AvgIpc) is 3.60. The van der Waals surface area contributed by atoms with Crippen molar-refractivity contribution in [2.75, 3.05) is 24.6 Å². The Morgan fingerprint density at radius 1 is 1.12 bits per heavy atom. The van der Waals surface area contributed by atoms with E-state index in [4.69, 9.17) is 37.9 Å². The van der Waals surface area contributed by atoms with Crippen molar-refractivity contribution in [1.82, 2.24) is 25.1 Å². The van der Waals surface area contributed by atoms with Crippen molar-refractivity contribution in [3.8, 4) is 11.4 Å². The molecule has 3 aliphatic rings. The summed E-state index contributed by atoms with van der Waals surface area (Å²) in [7, 11) is 0. The van der Waals surface area contributed by atoms with Gasteiger partial charge in [-0.1, -0.05) is 47.5 Å². The van der Waals surface area contributed by atoms with Crippen LogP contribution in [0.4, 0.5) is 10.6 Å². The summed E-state index contributed by atoms with van der Waals surface area (Å²) in [6.45, 7) is 4.24. The van der Waals surface area contributed by atoms with Gasteiger partial charge in [0, 0.05) is 36.8 Å². The molecule has 6 rings (SSSR count). The molecule has 1 aromatic carbocycles. The second kappa shape index (κ2) is 12.0. The average molecular weight is 618 g/mol. The summed E-state index contributed by atoms with van der Waals surface area (Å²) in [5, 5.41) is 18.6. The van der Waals surface area contributed by atoms with Gasteiger partial charge in [-0.2, -0.15) is 5.10 Å². The first kappa shape index (κ1) is 28.6. The predicted octanol–water partition coefficient (Wildman–Crippen LogP) is 7.21. The number of aromatic nitrogens is 4. The third-order valence-electron chi connectivity index (χ3n) is 8.74. The Kier molecular flexibility index (Phi) is 8.36. The van der Waals surface area contributed by atoms with Crippen LogP contribution in [-0.2, 0) is 4.74 Å². The summed E-state index contributed by atoms with van der Waals surface area (Å²) < 4.78 is 8.04. The Hall–Kier alpha value is -2.53. The van der Waals surface area contributed by atoms with Crippen molar-refractivity contribution in [2.45, 2.75) is 80.5 Å². The molecule has 3 fully saturated rings. The molecule has 9 nitrogen and oxygen atoms in total. The van der Waals surface area contributed by atoms with Crippen LogP contribution in [0.5, 0.6) is 0 Å². The number of rotatable bonds is 6. The molecule has 0 bridgehead atoms. The number of piperidine rings is 1. The number of benzene rings is 1. The van der Waals surface area contributed by atoms with Gasteiger partial charge in [-0.3, -0.25) is 0 Å². The molecule has 1 amide bonds. The maximum atomic E-state index is 11.5. The molecule has 1 saturated carbocycles. The number of carbonyl (C=O) groups is 1. The number of halogens is 2. The molecule has 2 aliphatic heterocycles. The Balaban J connectivity index is 1.36. The van der Waals surface area contributed by atoms with Crippen molar-refractivity contribution in [3.05, 3.63) is 46.2 Å². The zero-order valence-corrected chi connectivity index (χ0v) is 25.3. The van der Waals surface area contributed by atoms with E-state index >= 15 is 0 Å². The number of amides is 1. The number of aryl methyl sites for hydroxylation is 1. The SMILES string of the molecule is Cc1nc(N2CCC3(CCC[C@H]3NC(=O)O)CC2)c(-c2ccnn2C2CCCCO2)nc1Sc1cccc(Cl)c1Cl. The summed E-state index contributed by atoms with van der Waals surface area (Å²) in [6, 6.07) is 7.56. The molecule has 1 unspecified atom stereocenters. The highest BCUT2D eigenvalue weighted by Gasteiger charge is 2.46. The predicted molar refractivity (Wildman–Crippen MR) is 160 cm³/mol. The molecule has 218 valence electrons. The van der Waals surface area contributed by atoms with Crippen molar-refractivity contribution >= 4 is 46.9 Å². The van der Waals surface area contributed by atoms with E-state index in [9.17, 15) is 9.90 Å². The van der Waals surface area contributed by atoms with Crippen LogP contribution in [0.15, 0.2) is 40.4 Å². The van der Waals surface area contributed by atoms with Gasteiger partial charge in [-0.25, -0.2) is 19.4 Å². The second-order valence-corrected chi connectivity index (χ2v) is 13.0. The van der Waals surface area contributed by atoms with Gasteiger partial charge in [0.05, 0.1) is 21.4 Å². The summed E-state index contributed by atoms with van der Waals surface area (Å²) in [5.41, 5.74) is 2.42. The molecule has 12 heteroatoms. The zero-order chi connectivity index (χ0) is 28.6. The number of ether oxygens (including phenoxy) is 1. The Labute approximate surface area is 254 Å². The third-order valence-corrected chi connectivity index (χ3v) is 10.8.